The fourth-order valence-electron chi connectivity index (χ4n) is 2.49. The molecule has 0 bridgehead atoms. The van der Waals surface area contributed by atoms with Gasteiger partial charge in [-0.15, -0.1) is 11.3 Å². The van der Waals surface area contributed by atoms with Crippen molar-refractivity contribution in [2.75, 3.05) is 37.6 Å². The van der Waals surface area contributed by atoms with Crippen molar-refractivity contribution >= 4 is 22.4 Å². The number of carboxylic acids is 1. The zero-order valence-corrected chi connectivity index (χ0v) is 13.4. The molecule has 1 saturated heterocycles. The van der Waals surface area contributed by atoms with Crippen LogP contribution in [0.15, 0.2) is 35.8 Å². The third-order valence-electron chi connectivity index (χ3n) is 3.75. The average molecular weight is 327 g/mol. The number of rotatable bonds is 3. The number of piperazine rings is 1. The Bertz CT molecular complexity index is 726. The molecule has 3 rings (SSSR count). The molecule has 0 atom stereocenters. The molecule has 1 aromatic carbocycles. The third kappa shape index (κ3) is 3.89. The molecule has 2 aromatic rings. The van der Waals surface area contributed by atoms with Crippen LogP contribution in [0.3, 0.4) is 0 Å². The summed E-state index contributed by atoms with van der Waals surface area (Å²) in [5, 5.41) is 12.2. The Kier molecular flexibility index (Phi) is 4.91. The summed E-state index contributed by atoms with van der Waals surface area (Å²) < 4.78 is 0. The molecular weight excluding hydrogens is 310 g/mol. The fourth-order valence-corrected chi connectivity index (χ4v) is 3.19. The van der Waals surface area contributed by atoms with Gasteiger partial charge < -0.3 is 10.0 Å². The first kappa shape index (κ1) is 15.5. The summed E-state index contributed by atoms with van der Waals surface area (Å²) in [6.07, 6.45) is 1.83. The van der Waals surface area contributed by atoms with E-state index < -0.39 is 5.97 Å². The van der Waals surface area contributed by atoms with Crippen molar-refractivity contribution in [3.05, 3.63) is 47.0 Å². The molecule has 5 nitrogen and oxygen atoms in total. The molecular formula is C17H17N3O2S. The van der Waals surface area contributed by atoms with Gasteiger partial charge in [0, 0.05) is 43.3 Å². The van der Waals surface area contributed by atoms with Crippen molar-refractivity contribution < 1.29 is 9.90 Å². The van der Waals surface area contributed by atoms with Gasteiger partial charge in [-0.25, -0.2) is 9.78 Å². The van der Waals surface area contributed by atoms with Gasteiger partial charge in [0.25, 0.3) is 0 Å². The van der Waals surface area contributed by atoms with Crippen molar-refractivity contribution in [1.82, 2.24) is 9.88 Å². The monoisotopic (exact) mass is 327 g/mol. The Labute approximate surface area is 139 Å². The average Bonchev–Trinajstić information content (AvgIpc) is 3.10. The van der Waals surface area contributed by atoms with Crippen molar-refractivity contribution in [1.29, 1.82) is 0 Å². The molecule has 6 heteroatoms. The van der Waals surface area contributed by atoms with E-state index >= 15 is 0 Å². The molecule has 0 aliphatic carbocycles. The number of carbonyl (C=O) groups is 1. The van der Waals surface area contributed by atoms with Crippen molar-refractivity contribution in [3.8, 4) is 11.8 Å². The lowest BCUT2D eigenvalue weighted by molar-refractivity contribution is 0.0696. The Morgan fingerprint density at radius 1 is 1.26 bits per heavy atom. The van der Waals surface area contributed by atoms with E-state index in [2.05, 4.69) is 26.6 Å². The van der Waals surface area contributed by atoms with Crippen LogP contribution in [0.5, 0.6) is 0 Å². The van der Waals surface area contributed by atoms with E-state index in [0.717, 1.165) is 31.3 Å². The number of benzene rings is 1. The van der Waals surface area contributed by atoms with Crippen LogP contribution in [0, 0.1) is 11.8 Å². The predicted molar refractivity (Wildman–Crippen MR) is 91.0 cm³/mol. The van der Waals surface area contributed by atoms with Gasteiger partial charge in [0.1, 0.15) is 0 Å². The maximum atomic E-state index is 11.1. The minimum Gasteiger partial charge on any atom is -0.478 e. The van der Waals surface area contributed by atoms with Crippen molar-refractivity contribution in [3.63, 3.8) is 0 Å². The molecule has 1 aliphatic rings. The molecule has 1 aromatic heterocycles. The second kappa shape index (κ2) is 7.27. The van der Waals surface area contributed by atoms with Gasteiger partial charge in [0.2, 0.25) is 0 Å². The molecule has 0 saturated carbocycles. The van der Waals surface area contributed by atoms with Gasteiger partial charge >= 0.3 is 5.97 Å². The Hall–Kier alpha value is -2.36. The van der Waals surface area contributed by atoms with Gasteiger partial charge in [0.05, 0.1) is 12.1 Å². The zero-order chi connectivity index (χ0) is 16.1. The van der Waals surface area contributed by atoms with E-state index in [9.17, 15) is 4.79 Å². The van der Waals surface area contributed by atoms with Crippen LogP contribution < -0.4 is 4.90 Å². The number of nitrogens with zero attached hydrogens (tertiary/aromatic N) is 3. The number of hydrogen-bond acceptors (Lipinski definition) is 5. The highest BCUT2D eigenvalue weighted by Gasteiger charge is 2.17. The van der Waals surface area contributed by atoms with E-state index in [1.807, 2.05) is 17.6 Å². The summed E-state index contributed by atoms with van der Waals surface area (Å²) in [4.78, 5) is 20.0. The zero-order valence-electron chi connectivity index (χ0n) is 12.6. The lowest BCUT2D eigenvalue weighted by atomic mass is 10.1. The minimum absolute atomic E-state index is 0.258. The molecule has 1 N–H and O–H groups in total. The van der Waals surface area contributed by atoms with Crippen LogP contribution >= 0.6 is 11.3 Å². The van der Waals surface area contributed by atoms with Crippen molar-refractivity contribution in [2.45, 2.75) is 0 Å². The highest BCUT2D eigenvalue weighted by molar-refractivity contribution is 7.13. The Morgan fingerprint density at radius 2 is 2.04 bits per heavy atom. The molecule has 0 spiro atoms. The number of thiazole rings is 1. The summed E-state index contributed by atoms with van der Waals surface area (Å²) >= 11 is 1.66. The molecule has 0 unspecified atom stereocenters. The number of hydrogen-bond donors (Lipinski definition) is 1. The number of carboxylic acid groups (broad SMARTS) is 1. The molecule has 1 aliphatic heterocycles. The molecule has 0 radical (unpaired) electrons. The topological polar surface area (TPSA) is 56.7 Å². The summed E-state index contributed by atoms with van der Waals surface area (Å²) in [6.45, 7) is 4.42. The fraction of sp³-hybridized carbons (Fsp3) is 0.294. The van der Waals surface area contributed by atoms with Gasteiger partial charge in [-0.2, -0.15) is 0 Å². The van der Waals surface area contributed by atoms with Gasteiger partial charge in [-0.05, 0) is 12.1 Å². The highest BCUT2D eigenvalue weighted by atomic mass is 32.1. The highest BCUT2D eigenvalue weighted by Crippen LogP contribution is 2.18. The summed E-state index contributed by atoms with van der Waals surface area (Å²) in [6, 6.07) is 6.85. The van der Waals surface area contributed by atoms with Crippen molar-refractivity contribution in [2.24, 2.45) is 0 Å². The van der Waals surface area contributed by atoms with Crippen LogP contribution in [-0.2, 0) is 0 Å². The quantitative estimate of drug-likeness (QED) is 0.874. The molecule has 1 fully saturated rings. The number of anilines is 1. The number of aromatic nitrogens is 1. The molecule has 118 valence electrons. The first-order chi connectivity index (χ1) is 11.2. The first-order valence-electron chi connectivity index (χ1n) is 7.42. The smallest absolute Gasteiger partial charge is 0.336 e. The van der Waals surface area contributed by atoms with Gasteiger partial charge in [0.15, 0.2) is 5.13 Å². The van der Waals surface area contributed by atoms with Gasteiger partial charge in [-0.3, -0.25) is 4.90 Å². The third-order valence-corrected chi connectivity index (χ3v) is 4.58. The summed E-state index contributed by atoms with van der Waals surface area (Å²) in [7, 11) is 0. The van der Waals surface area contributed by atoms with Crippen LogP contribution in [0.4, 0.5) is 5.13 Å². The van der Waals surface area contributed by atoms with Gasteiger partial charge in [-0.1, -0.05) is 24.0 Å². The number of aromatic carboxylic acids is 1. The Balaban J connectivity index is 1.56. The van der Waals surface area contributed by atoms with Crippen LogP contribution in [0.2, 0.25) is 0 Å². The first-order valence-corrected chi connectivity index (χ1v) is 8.30. The lowest BCUT2D eigenvalue weighted by Crippen LogP contribution is -2.46. The molecule has 0 amide bonds. The maximum absolute atomic E-state index is 11.1. The normalized spacial score (nSPS) is 15.0. The summed E-state index contributed by atoms with van der Waals surface area (Å²) in [5.41, 5.74) is 0.829. The van der Waals surface area contributed by atoms with E-state index in [4.69, 9.17) is 5.11 Å². The van der Waals surface area contributed by atoms with E-state index in [0.29, 0.717) is 12.1 Å². The van der Waals surface area contributed by atoms with Crippen LogP contribution in [0.25, 0.3) is 0 Å². The Morgan fingerprint density at radius 3 is 2.74 bits per heavy atom. The van der Waals surface area contributed by atoms with E-state index in [-0.39, 0.29) is 5.56 Å². The standard InChI is InChI=1S/C17H17N3O2S/c21-16(22)15-6-2-1-4-14(15)5-3-8-19-9-11-20(12-10-19)17-18-7-13-23-17/h1-2,4,6-7,13H,8-12H2,(H,21,22). The van der Waals surface area contributed by atoms with Crippen LogP contribution in [0.1, 0.15) is 15.9 Å². The molecule has 2 heterocycles. The van der Waals surface area contributed by atoms with Crippen LogP contribution in [-0.4, -0.2) is 53.7 Å². The van der Waals surface area contributed by atoms with E-state index in [1.54, 1.807) is 29.5 Å². The lowest BCUT2D eigenvalue weighted by Gasteiger charge is -2.33. The summed E-state index contributed by atoms with van der Waals surface area (Å²) in [5.74, 6) is 5.14. The maximum Gasteiger partial charge on any atom is 0.336 e. The minimum atomic E-state index is -0.938. The molecule has 23 heavy (non-hydrogen) atoms. The second-order valence-electron chi connectivity index (χ2n) is 5.23. The SMILES string of the molecule is O=C(O)c1ccccc1C#CCN1CCN(c2nccs2)CC1. The predicted octanol–water partition coefficient (Wildman–Crippen LogP) is 2.02. The van der Waals surface area contributed by atoms with E-state index in [1.165, 1.54) is 0 Å². The second-order valence-corrected chi connectivity index (χ2v) is 6.10. The largest absolute Gasteiger partial charge is 0.478 e.